The van der Waals surface area contributed by atoms with E-state index in [9.17, 15) is 4.79 Å². The summed E-state index contributed by atoms with van der Waals surface area (Å²) in [6, 6.07) is 25.1. The largest absolute Gasteiger partial charge is 0.497 e. The molecule has 3 aromatic heterocycles. The van der Waals surface area contributed by atoms with Crippen LogP contribution in [-0.2, 0) is 4.74 Å². The van der Waals surface area contributed by atoms with Gasteiger partial charge in [-0.25, -0.2) is 14.8 Å². The molecule has 0 saturated heterocycles. The van der Waals surface area contributed by atoms with Crippen LogP contribution in [0.4, 0.5) is 0 Å². The normalized spacial score (nSPS) is 11.3. The van der Waals surface area contributed by atoms with Crippen molar-refractivity contribution in [2.24, 2.45) is 0 Å². The molecule has 0 aliphatic rings. The molecule has 0 bridgehead atoms. The van der Waals surface area contributed by atoms with Crippen molar-refractivity contribution in [3.8, 4) is 28.3 Å². The van der Waals surface area contributed by atoms with Gasteiger partial charge in [0.1, 0.15) is 17.1 Å². The summed E-state index contributed by atoms with van der Waals surface area (Å²) in [4.78, 5) is 25.7. The minimum atomic E-state index is -0.508. The average molecular weight is 494 g/mol. The van der Waals surface area contributed by atoms with Gasteiger partial charge < -0.3 is 14.5 Å². The first kappa shape index (κ1) is 22.1. The standard InChI is InChI=1S/C29H20ClN3O3/c1-35-18-11-12-24-21(13-18)20(16-7-9-17(30)10-8-16)14-25(31-24)28-27-22(15-26(33-28)29(34)36-2)19-5-3-4-6-23(19)32-27/h3-15,32H,1-2H3. The summed E-state index contributed by atoms with van der Waals surface area (Å²) in [7, 11) is 2.99. The molecular weight excluding hydrogens is 474 g/mol. The Bertz CT molecular complexity index is 1790. The van der Waals surface area contributed by atoms with Gasteiger partial charge >= 0.3 is 5.97 Å². The Morgan fingerprint density at radius 3 is 2.44 bits per heavy atom. The topological polar surface area (TPSA) is 77.1 Å². The van der Waals surface area contributed by atoms with E-state index in [2.05, 4.69) is 4.98 Å². The SMILES string of the molecule is COC(=O)c1cc2c([nH]c3ccccc32)c(-c2cc(-c3ccc(Cl)cc3)c3cc(OC)ccc3n2)n1. The van der Waals surface area contributed by atoms with Crippen molar-refractivity contribution in [2.45, 2.75) is 0 Å². The number of benzene rings is 3. The molecule has 7 heteroatoms. The van der Waals surface area contributed by atoms with E-state index in [1.807, 2.05) is 72.8 Å². The molecule has 3 heterocycles. The maximum absolute atomic E-state index is 12.6. The van der Waals surface area contributed by atoms with Crippen LogP contribution in [-0.4, -0.2) is 35.1 Å². The first-order chi connectivity index (χ1) is 17.6. The summed E-state index contributed by atoms with van der Waals surface area (Å²) in [6.07, 6.45) is 0. The summed E-state index contributed by atoms with van der Waals surface area (Å²) < 4.78 is 10.5. The fourth-order valence-corrected chi connectivity index (χ4v) is 4.69. The van der Waals surface area contributed by atoms with Crippen molar-refractivity contribution >= 4 is 50.3 Å². The molecule has 6 nitrogen and oxygen atoms in total. The Balaban J connectivity index is 1.70. The van der Waals surface area contributed by atoms with Gasteiger partial charge in [-0.15, -0.1) is 0 Å². The van der Waals surface area contributed by atoms with E-state index in [-0.39, 0.29) is 5.69 Å². The van der Waals surface area contributed by atoms with Crippen molar-refractivity contribution in [2.75, 3.05) is 14.2 Å². The van der Waals surface area contributed by atoms with Crippen molar-refractivity contribution in [1.29, 1.82) is 0 Å². The molecule has 36 heavy (non-hydrogen) atoms. The monoisotopic (exact) mass is 493 g/mol. The minimum Gasteiger partial charge on any atom is -0.497 e. The van der Waals surface area contributed by atoms with Crippen LogP contribution < -0.4 is 4.74 Å². The summed E-state index contributed by atoms with van der Waals surface area (Å²) >= 11 is 6.17. The molecule has 0 amide bonds. The van der Waals surface area contributed by atoms with Crippen LogP contribution in [0.5, 0.6) is 5.75 Å². The molecule has 6 aromatic rings. The van der Waals surface area contributed by atoms with Crippen molar-refractivity contribution in [1.82, 2.24) is 15.0 Å². The summed E-state index contributed by atoms with van der Waals surface area (Å²) in [5.41, 5.74) is 5.84. The van der Waals surface area contributed by atoms with Gasteiger partial charge in [0.05, 0.1) is 30.9 Å². The zero-order chi connectivity index (χ0) is 24.8. The second-order valence-corrected chi connectivity index (χ2v) is 8.82. The molecule has 0 saturated carbocycles. The number of esters is 1. The third kappa shape index (κ3) is 3.63. The number of ether oxygens (including phenoxy) is 2. The number of halogens is 1. The van der Waals surface area contributed by atoms with Gasteiger partial charge in [0.2, 0.25) is 0 Å². The molecule has 0 atom stereocenters. The minimum absolute atomic E-state index is 0.217. The number of aromatic amines is 1. The Labute approximate surface area is 211 Å². The number of hydrogen-bond donors (Lipinski definition) is 1. The molecule has 0 aliphatic heterocycles. The zero-order valence-corrected chi connectivity index (χ0v) is 20.3. The van der Waals surface area contributed by atoms with Crippen LogP contribution in [0.25, 0.3) is 55.2 Å². The number of carbonyl (C=O) groups excluding carboxylic acids is 1. The second-order valence-electron chi connectivity index (χ2n) is 8.39. The number of hydrogen-bond acceptors (Lipinski definition) is 5. The van der Waals surface area contributed by atoms with Crippen LogP contribution >= 0.6 is 11.6 Å². The number of aromatic nitrogens is 3. The van der Waals surface area contributed by atoms with E-state index in [1.54, 1.807) is 13.2 Å². The first-order valence-electron chi connectivity index (χ1n) is 11.3. The highest BCUT2D eigenvalue weighted by Gasteiger charge is 2.20. The Kier molecular flexibility index (Phi) is 5.31. The lowest BCUT2D eigenvalue weighted by atomic mass is 9.98. The van der Waals surface area contributed by atoms with Crippen molar-refractivity contribution in [3.05, 3.63) is 89.6 Å². The molecule has 0 radical (unpaired) electrons. The fourth-order valence-electron chi connectivity index (χ4n) is 4.56. The molecule has 176 valence electrons. The number of fused-ring (bicyclic) bond motifs is 4. The van der Waals surface area contributed by atoms with E-state index < -0.39 is 5.97 Å². The molecule has 0 unspecified atom stereocenters. The maximum Gasteiger partial charge on any atom is 0.356 e. The maximum atomic E-state index is 12.6. The third-order valence-electron chi connectivity index (χ3n) is 6.30. The Morgan fingerprint density at radius 1 is 0.861 bits per heavy atom. The summed E-state index contributed by atoms with van der Waals surface area (Å²) in [5, 5.41) is 3.45. The number of H-pyrrole nitrogens is 1. The number of carbonyl (C=O) groups is 1. The smallest absolute Gasteiger partial charge is 0.356 e. The second kappa shape index (κ2) is 8.66. The molecule has 6 rings (SSSR count). The lowest BCUT2D eigenvalue weighted by molar-refractivity contribution is 0.0594. The van der Waals surface area contributed by atoms with E-state index >= 15 is 0 Å². The van der Waals surface area contributed by atoms with Gasteiger partial charge in [-0.3, -0.25) is 0 Å². The third-order valence-corrected chi connectivity index (χ3v) is 6.56. The fraction of sp³-hybridized carbons (Fsp3) is 0.0690. The predicted molar refractivity (Wildman–Crippen MR) is 143 cm³/mol. The Hall–Kier alpha value is -4.42. The van der Waals surface area contributed by atoms with Crippen LogP contribution in [0.15, 0.2) is 78.9 Å². The number of para-hydroxylation sites is 1. The molecule has 1 N–H and O–H groups in total. The van der Waals surface area contributed by atoms with Crippen LogP contribution in [0.2, 0.25) is 5.02 Å². The molecular formula is C29H20ClN3O3. The quantitative estimate of drug-likeness (QED) is 0.266. The van der Waals surface area contributed by atoms with Crippen LogP contribution in [0.3, 0.4) is 0 Å². The highest BCUT2D eigenvalue weighted by Crippen LogP contribution is 2.37. The average Bonchev–Trinajstić information content (AvgIpc) is 3.30. The zero-order valence-electron chi connectivity index (χ0n) is 19.5. The van der Waals surface area contributed by atoms with E-state index in [4.69, 9.17) is 31.0 Å². The number of nitrogens with zero attached hydrogens (tertiary/aromatic N) is 2. The molecule has 0 fully saturated rings. The van der Waals surface area contributed by atoms with Crippen molar-refractivity contribution in [3.63, 3.8) is 0 Å². The number of rotatable bonds is 4. The predicted octanol–water partition coefficient (Wildman–Crippen LogP) is 7.05. The lowest BCUT2D eigenvalue weighted by Gasteiger charge is -2.12. The van der Waals surface area contributed by atoms with Crippen molar-refractivity contribution < 1.29 is 14.3 Å². The number of nitrogens with one attached hydrogen (secondary N) is 1. The highest BCUT2D eigenvalue weighted by molar-refractivity contribution is 6.30. The summed E-state index contributed by atoms with van der Waals surface area (Å²) in [5.74, 6) is 0.225. The van der Waals surface area contributed by atoms with Gasteiger partial charge in [-0.05, 0) is 59.7 Å². The summed E-state index contributed by atoms with van der Waals surface area (Å²) in [6.45, 7) is 0. The van der Waals surface area contributed by atoms with Crippen LogP contribution in [0.1, 0.15) is 10.5 Å². The van der Waals surface area contributed by atoms with Gasteiger partial charge in [-0.2, -0.15) is 0 Å². The van der Waals surface area contributed by atoms with E-state index in [0.717, 1.165) is 49.6 Å². The van der Waals surface area contributed by atoms with Gasteiger partial charge in [-0.1, -0.05) is 41.9 Å². The highest BCUT2D eigenvalue weighted by atomic mass is 35.5. The molecule has 0 spiro atoms. The first-order valence-corrected chi connectivity index (χ1v) is 11.7. The number of methoxy groups -OCH3 is 2. The molecule has 3 aromatic carbocycles. The van der Waals surface area contributed by atoms with Gasteiger partial charge in [0.25, 0.3) is 0 Å². The Morgan fingerprint density at radius 2 is 1.67 bits per heavy atom. The lowest BCUT2D eigenvalue weighted by Crippen LogP contribution is -2.05. The van der Waals surface area contributed by atoms with E-state index in [0.29, 0.717) is 16.4 Å². The van der Waals surface area contributed by atoms with E-state index in [1.165, 1.54) is 7.11 Å². The number of pyridine rings is 2. The van der Waals surface area contributed by atoms with Gasteiger partial charge in [0, 0.05) is 26.7 Å². The van der Waals surface area contributed by atoms with Gasteiger partial charge in [0.15, 0.2) is 0 Å². The molecule has 0 aliphatic carbocycles. The van der Waals surface area contributed by atoms with Crippen LogP contribution in [0, 0.1) is 0 Å².